The molecule has 1 fully saturated rings. The Morgan fingerprint density at radius 3 is 2.39 bits per heavy atom. The molecule has 0 amide bonds. The van der Waals surface area contributed by atoms with Crippen LogP contribution in [0.3, 0.4) is 0 Å². The molecule has 3 aromatic rings. The molecule has 1 aliphatic heterocycles. The first-order valence-electron chi connectivity index (χ1n) is 10.7. The van der Waals surface area contributed by atoms with Crippen molar-refractivity contribution < 1.29 is 4.74 Å². The number of likely N-dealkylation sites (tertiary alicyclic amines) is 1. The van der Waals surface area contributed by atoms with Gasteiger partial charge in [-0.05, 0) is 59.7 Å². The number of ether oxygens (including phenoxy) is 1. The lowest BCUT2D eigenvalue weighted by Gasteiger charge is -2.32. The third kappa shape index (κ3) is 5.15. The van der Waals surface area contributed by atoms with Crippen molar-refractivity contribution in [3.05, 3.63) is 71.8 Å². The van der Waals surface area contributed by atoms with E-state index in [9.17, 15) is 0 Å². The fourth-order valence-electron chi connectivity index (χ4n) is 3.93. The molecule has 0 saturated carbocycles. The largest absolute Gasteiger partial charge is 0.490 e. The van der Waals surface area contributed by atoms with E-state index in [2.05, 4.69) is 28.4 Å². The molecule has 0 bridgehead atoms. The van der Waals surface area contributed by atoms with Crippen molar-refractivity contribution in [2.24, 2.45) is 5.73 Å². The van der Waals surface area contributed by atoms with Crippen molar-refractivity contribution >= 4 is 28.1 Å². The van der Waals surface area contributed by atoms with Crippen LogP contribution < -0.4 is 15.8 Å². The number of hydrogen-bond acceptors (Lipinski definition) is 4. The standard InChI is InChI=1S/C25H29N5O/c1-17(26)30-12-10-24(11-13-30)31-23-8-6-22(7-9-23)29-16-18-2-3-19-4-5-20(25(27)28)15-21(19)14-18/h2-9,14-15,24,26,29H,10-13,16H2,1H3,(H3,27,28). The molecule has 0 spiro atoms. The van der Waals surface area contributed by atoms with Crippen LogP contribution in [0, 0.1) is 10.8 Å². The van der Waals surface area contributed by atoms with Gasteiger partial charge in [0.05, 0.1) is 5.84 Å². The number of nitrogen functional groups attached to an aromatic ring is 1. The molecule has 160 valence electrons. The second-order valence-electron chi connectivity index (χ2n) is 8.08. The van der Waals surface area contributed by atoms with Crippen LogP contribution in [0.1, 0.15) is 30.9 Å². The Hall–Kier alpha value is -3.54. The van der Waals surface area contributed by atoms with Gasteiger partial charge in [0.25, 0.3) is 0 Å². The molecule has 0 aliphatic carbocycles. The summed E-state index contributed by atoms with van der Waals surface area (Å²) < 4.78 is 6.13. The summed E-state index contributed by atoms with van der Waals surface area (Å²) in [6, 6.07) is 20.3. The Labute approximate surface area is 183 Å². The molecule has 1 aliphatic rings. The van der Waals surface area contributed by atoms with Crippen LogP contribution in [0.5, 0.6) is 5.75 Å². The third-order valence-corrected chi connectivity index (χ3v) is 5.79. The molecule has 6 heteroatoms. The number of benzene rings is 3. The molecule has 0 aromatic heterocycles. The zero-order valence-electron chi connectivity index (χ0n) is 17.8. The van der Waals surface area contributed by atoms with Crippen LogP contribution >= 0.6 is 0 Å². The van der Waals surface area contributed by atoms with E-state index in [-0.39, 0.29) is 11.9 Å². The van der Waals surface area contributed by atoms with E-state index in [0.717, 1.165) is 53.7 Å². The van der Waals surface area contributed by atoms with Gasteiger partial charge in [-0.3, -0.25) is 10.8 Å². The number of rotatable bonds is 6. The molecule has 5 N–H and O–H groups in total. The number of amidine groups is 2. The molecule has 1 saturated heterocycles. The molecule has 6 nitrogen and oxygen atoms in total. The van der Waals surface area contributed by atoms with Crippen molar-refractivity contribution in [1.82, 2.24) is 4.90 Å². The summed E-state index contributed by atoms with van der Waals surface area (Å²) in [6.45, 7) is 4.33. The van der Waals surface area contributed by atoms with Crippen molar-refractivity contribution in [2.75, 3.05) is 18.4 Å². The maximum Gasteiger partial charge on any atom is 0.122 e. The van der Waals surface area contributed by atoms with Crippen molar-refractivity contribution in [3.63, 3.8) is 0 Å². The van der Waals surface area contributed by atoms with Crippen LogP contribution in [0.15, 0.2) is 60.7 Å². The van der Waals surface area contributed by atoms with Crippen LogP contribution in [0.4, 0.5) is 5.69 Å². The number of fused-ring (bicyclic) bond motifs is 1. The highest BCUT2D eigenvalue weighted by Gasteiger charge is 2.20. The summed E-state index contributed by atoms with van der Waals surface area (Å²) in [5.41, 5.74) is 8.57. The molecule has 0 radical (unpaired) electrons. The topological polar surface area (TPSA) is 98.2 Å². The van der Waals surface area contributed by atoms with Gasteiger partial charge >= 0.3 is 0 Å². The average molecular weight is 416 g/mol. The number of nitrogens with zero attached hydrogens (tertiary/aromatic N) is 1. The molecular formula is C25H29N5O. The highest BCUT2D eigenvalue weighted by molar-refractivity contribution is 5.99. The van der Waals surface area contributed by atoms with Gasteiger partial charge in [0.2, 0.25) is 0 Å². The third-order valence-electron chi connectivity index (χ3n) is 5.79. The summed E-state index contributed by atoms with van der Waals surface area (Å²) >= 11 is 0. The summed E-state index contributed by atoms with van der Waals surface area (Å²) in [7, 11) is 0. The Bertz CT molecular complexity index is 1080. The zero-order valence-corrected chi connectivity index (χ0v) is 17.8. The monoisotopic (exact) mass is 415 g/mol. The van der Waals surface area contributed by atoms with Crippen LogP contribution in [-0.2, 0) is 6.54 Å². The Kier molecular flexibility index (Phi) is 6.07. The predicted molar refractivity (Wildman–Crippen MR) is 127 cm³/mol. The Morgan fingerprint density at radius 2 is 1.71 bits per heavy atom. The molecule has 1 heterocycles. The first-order chi connectivity index (χ1) is 15.0. The van der Waals surface area contributed by atoms with E-state index in [1.165, 1.54) is 5.56 Å². The summed E-state index contributed by atoms with van der Waals surface area (Å²) in [6.07, 6.45) is 2.11. The van der Waals surface area contributed by atoms with Crippen LogP contribution in [0.25, 0.3) is 10.8 Å². The summed E-state index contributed by atoms with van der Waals surface area (Å²) in [5, 5.41) is 21.0. The number of nitrogens with two attached hydrogens (primary N) is 1. The quantitative estimate of drug-likeness (QED) is 0.350. The van der Waals surface area contributed by atoms with Gasteiger partial charge < -0.3 is 20.7 Å². The van der Waals surface area contributed by atoms with E-state index in [0.29, 0.717) is 12.4 Å². The highest BCUT2D eigenvalue weighted by Crippen LogP contribution is 2.22. The zero-order chi connectivity index (χ0) is 21.8. The van der Waals surface area contributed by atoms with Crippen molar-refractivity contribution in [1.29, 1.82) is 10.8 Å². The second-order valence-corrected chi connectivity index (χ2v) is 8.08. The van der Waals surface area contributed by atoms with Gasteiger partial charge in [0.1, 0.15) is 17.7 Å². The Balaban J connectivity index is 1.33. The van der Waals surface area contributed by atoms with E-state index in [1.54, 1.807) is 0 Å². The fraction of sp³-hybridized carbons (Fsp3) is 0.280. The summed E-state index contributed by atoms with van der Waals surface area (Å²) in [5.74, 6) is 1.61. The van der Waals surface area contributed by atoms with E-state index in [4.69, 9.17) is 21.3 Å². The van der Waals surface area contributed by atoms with Gasteiger partial charge in [0, 0.05) is 43.7 Å². The number of anilines is 1. The van der Waals surface area contributed by atoms with Gasteiger partial charge in [0.15, 0.2) is 0 Å². The van der Waals surface area contributed by atoms with Crippen molar-refractivity contribution in [2.45, 2.75) is 32.4 Å². The maximum absolute atomic E-state index is 7.73. The number of piperidine rings is 1. The second kappa shape index (κ2) is 9.08. The lowest BCUT2D eigenvalue weighted by atomic mass is 10.0. The smallest absolute Gasteiger partial charge is 0.122 e. The normalized spacial score (nSPS) is 14.4. The summed E-state index contributed by atoms with van der Waals surface area (Å²) in [4.78, 5) is 2.10. The number of nitrogens with one attached hydrogen (secondary N) is 3. The first kappa shape index (κ1) is 20.7. The minimum atomic E-state index is 0.0862. The minimum absolute atomic E-state index is 0.0862. The molecule has 3 aromatic carbocycles. The lowest BCUT2D eigenvalue weighted by Crippen LogP contribution is -2.40. The molecule has 0 atom stereocenters. The Morgan fingerprint density at radius 1 is 1.00 bits per heavy atom. The van der Waals surface area contributed by atoms with Crippen molar-refractivity contribution in [3.8, 4) is 5.75 Å². The number of hydrogen-bond donors (Lipinski definition) is 4. The van der Waals surface area contributed by atoms with Crippen LogP contribution in [-0.4, -0.2) is 35.8 Å². The predicted octanol–water partition coefficient (Wildman–Crippen LogP) is 4.58. The fourth-order valence-corrected chi connectivity index (χ4v) is 3.93. The van der Waals surface area contributed by atoms with E-state index in [1.807, 2.05) is 49.4 Å². The SMILES string of the molecule is CC(=N)N1CCC(Oc2ccc(NCc3ccc4ccc(C(=N)N)cc4c3)cc2)CC1. The molecule has 0 unspecified atom stereocenters. The van der Waals surface area contributed by atoms with Gasteiger partial charge in [-0.15, -0.1) is 0 Å². The average Bonchev–Trinajstić information content (AvgIpc) is 2.78. The van der Waals surface area contributed by atoms with E-state index >= 15 is 0 Å². The molecule has 31 heavy (non-hydrogen) atoms. The minimum Gasteiger partial charge on any atom is -0.490 e. The van der Waals surface area contributed by atoms with Gasteiger partial charge in [-0.1, -0.05) is 24.3 Å². The first-order valence-corrected chi connectivity index (χ1v) is 10.7. The molecular weight excluding hydrogens is 386 g/mol. The van der Waals surface area contributed by atoms with Gasteiger partial charge in [-0.25, -0.2) is 0 Å². The van der Waals surface area contributed by atoms with E-state index < -0.39 is 0 Å². The maximum atomic E-state index is 7.73. The van der Waals surface area contributed by atoms with Gasteiger partial charge in [-0.2, -0.15) is 0 Å². The lowest BCUT2D eigenvalue weighted by molar-refractivity contribution is 0.130. The van der Waals surface area contributed by atoms with Crippen LogP contribution in [0.2, 0.25) is 0 Å². The molecule has 4 rings (SSSR count). The highest BCUT2D eigenvalue weighted by atomic mass is 16.5.